The number of hydrogen-bond acceptors (Lipinski definition) is 2. The van der Waals surface area contributed by atoms with Gasteiger partial charge in [0, 0.05) is 17.0 Å². The predicted octanol–water partition coefficient (Wildman–Crippen LogP) is 13.9. The van der Waals surface area contributed by atoms with Crippen molar-refractivity contribution < 1.29 is 0 Å². The molecular formula is C53H58N2. The predicted molar refractivity (Wildman–Crippen MR) is 242 cm³/mol. The lowest BCUT2D eigenvalue weighted by Crippen LogP contribution is -2.08. The Morgan fingerprint density at radius 1 is 0.673 bits per heavy atom. The average Bonchev–Trinajstić information content (AvgIpc) is 3.23. The highest BCUT2D eigenvalue weighted by molar-refractivity contribution is 5.82. The van der Waals surface area contributed by atoms with E-state index in [4.69, 9.17) is 0 Å². The highest BCUT2D eigenvalue weighted by atomic mass is 14.9. The first-order valence-corrected chi connectivity index (χ1v) is 19.4. The van der Waals surface area contributed by atoms with Gasteiger partial charge >= 0.3 is 0 Å². The summed E-state index contributed by atoms with van der Waals surface area (Å²) in [6.45, 7) is 15.4. The lowest BCUT2D eigenvalue weighted by atomic mass is 9.84. The molecule has 280 valence electrons. The van der Waals surface area contributed by atoms with Crippen LogP contribution >= 0.6 is 0 Å². The molecule has 6 aromatic rings. The summed E-state index contributed by atoms with van der Waals surface area (Å²) < 4.78 is 0. The van der Waals surface area contributed by atoms with Crippen LogP contribution in [0.25, 0.3) is 22.3 Å². The fraction of sp³-hybridized carbons (Fsp3) is 0.170. The van der Waals surface area contributed by atoms with E-state index in [2.05, 4.69) is 216 Å². The molecule has 55 heavy (non-hydrogen) atoms. The number of hydrogen-bond donors (Lipinski definition) is 2. The lowest BCUT2D eigenvalue weighted by molar-refractivity contribution is 0.714. The van der Waals surface area contributed by atoms with E-state index in [-0.39, 0.29) is 0 Å². The molecule has 0 radical (unpaired) electrons. The third-order valence-corrected chi connectivity index (χ3v) is 9.59. The van der Waals surface area contributed by atoms with Gasteiger partial charge in [-0.25, -0.2) is 0 Å². The van der Waals surface area contributed by atoms with Crippen molar-refractivity contribution in [1.82, 2.24) is 0 Å². The molecule has 0 saturated heterocycles. The van der Waals surface area contributed by atoms with Crippen molar-refractivity contribution in [2.24, 2.45) is 11.7 Å². The van der Waals surface area contributed by atoms with Crippen molar-refractivity contribution in [2.45, 2.75) is 47.5 Å². The van der Waals surface area contributed by atoms with Gasteiger partial charge in [-0.2, -0.15) is 0 Å². The fourth-order valence-corrected chi connectivity index (χ4v) is 6.52. The summed E-state index contributed by atoms with van der Waals surface area (Å²) in [6, 6.07) is 57.8. The van der Waals surface area contributed by atoms with Gasteiger partial charge in [0.1, 0.15) is 0 Å². The SMILES string of the molecule is C=C(Nc1cccc(-c2ccc(/C(=C/Cc3ccccc3)c3ccccc3)cc2)c1)C(/C=C\C)=C(\c1ccccc1C)C(C)CC.CN.Cc1ccccc1. The van der Waals surface area contributed by atoms with Crippen LogP contribution in [0, 0.1) is 19.8 Å². The maximum absolute atomic E-state index is 4.54. The highest BCUT2D eigenvalue weighted by Gasteiger charge is 2.18. The molecule has 0 spiro atoms. The summed E-state index contributed by atoms with van der Waals surface area (Å²) in [4.78, 5) is 0. The first-order valence-electron chi connectivity index (χ1n) is 19.4. The first kappa shape index (κ1) is 41.8. The molecule has 0 aliphatic rings. The second-order valence-electron chi connectivity index (χ2n) is 13.5. The molecular weight excluding hydrogens is 665 g/mol. The van der Waals surface area contributed by atoms with Gasteiger partial charge in [-0.3, -0.25) is 0 Å². The van der Waals surface area contributed by atoms with Crippen molar-refractivity contribution in [3.8, 4) is 11.1 Å². The quantitative estimate of drug-likeness (QED) is 0.123. The van der Waals surface area contributed by atoms with Gasteiger partial charge in [-0.05, 0) is 109 Å². The number of aryl methyl sites for hydroxylation is 2. The molecule has 0 heterocycles. The first-order chi connectivity index (χ1) is 26.9. The molecule has 2 heteroatoms. The Hall–Kier alpha value is -5.96. The summed E-state index contributed by atoms with van der Waals surface area (Å²) in [5, 5.41) is 3.66. The second-order valence-corrected chi connectivity index (χ2v) is 13.5. The molecule has 2 nitrogen and oxygen atoms in total. The van der Waals surface area contributed by atoms with Crippen molar-refractivity contribution in [3.05, 3.63) is 233 Å². The Labute approximate surface area is 331 Å². The second kappa shape index (κ2) is 22.3. The molecule has 6 rings (SSSR count). The normalized spacial score (nSPS) is 12.0. The molecule has 1 unspecified atom stereocenters. The van der Waals surface area contributed by atoms with E-state index in [1.165, 1.54) is 57.1 Å². The lowest BCUT2D eigenvalue weighted by Gasteiger charge is -2.23. The Morgan fingerprint density at radius 3 is 1.84 bits per heavy atom. The van der Waals surface area contributed by atoms with Gasteiger partial charge in [-0.15, -0.1) is 0 Å². The van der Waals surface area contributed by atoms with E-state index in [1.54, 1.807) is 0 Å². The number of allylic oxidation sites excluding steroid dienone is 4. The summed E-state index contributed by atoms with van der Waals surface area (Å²) in [6.07, 6.45) is 8.59. The minimum Gasteiger partial charge on any atom is -0.355 e. The molecule has 0 amide bonds. The van der Waals surface area contributed by atoms with Gasteiger partial charge < -0.3 is 11.1 Å². The van der Waals surface area contributed by atoms with E-state index in [1.807, 2.05) is 18.2 Å². The molecule has 3 N–H and O–H groups in total. The molecule has 0 aliphatic heterocycles. The van der Waals surface area contributed by atoms with Crippen LogP contribution in [0.15, 0.2) is 200 Å². The van der Waals surface area contributed by atoms with Crippen LogP contribution in [-0.4, -0.2) is 7.05 Å². The number of benzene rings is 6. The molecule has 0 saturated carbocycles. The minimum atomic E-state index is 0.387. The van der Waals surface area contributed by atoms with Gasteiger partial charge in [0.05, 0.1) is 0 Å². The van der Waals surface area contributed by atoms with Crippen molar-refractivity contribution >= 4 is 16.8 Å². The van der Waals surface area contributed by atoms with Crippen LogP contribution in [0.3, 0.4) is 0 Å². The molecule has 0 bridgehead atoms. The maximum Gasteiger partial charge on any atom is 0.0390 e. The van der Waals surface area contributed by atoms with Crippen LogP contribution in [0.4, 0.5) is 5.69 Å². The van der Waals surface area contributed by atoms with Crippen molar-refractivity contribution in [2.75, 3.05) is 12.4 Å². The standard InChI is InChI=1S/C45H45N.C7H8.CH5N/c1-6-17-43(45(33(3)7-2)42-25-15-14-18-34(42)4)35(5)46-41-24-16-23-40(32-41)37-27-29-39(30-28-37)44(38-21-12-9-13-22-38)31-26-36-19-10-8-11-20-36;1-7-5-3-2-4-6-7;1-2/h6,8-25,27-33,46H,5,7,26H2,1-4H3;2-6H,1H3;2H2,1H3/b17-6-,44-31+,45-43-;;. The molecule has 6 aromatic carbocycles. The monoisotopic (exact) mass is 722 g/mol. The number of rotatable bonds is 12. The minimum absolute atomic E-state index is 0.387. The van der Waals surface area contributed by atoms with Gasteiger partial charge in [0.15, 0.2) is 0 Å². The van der Waals surface area contributed by atoms with E-state index >= 15 is 0 Å². The number of nitrogens with one attached hydrogen (secondary N) is 1. The Morgan fingerprint density at radius 2 is 1.25 bits per heavy atom. The Kier molecular flexibility index (Phi) is 16.9. The van der Waals surface area contributed by atoms with Crippen LogP contribution < -0.4 is 11.1 Å². The summed E-state index contributed by atoms with van der Waals surface area (Å²) in [7, 11) is 1.50. The maximum atomic E-state index is 4.54. The topological polar surface area (TPSA) is 38.0 Å². The van der Waals surface area contributed by atoms with Crippen LogP contribution in [-0.2, 0) is 6.42 Å². The average molecular weight is 723 g/mol. The van der Waals surface area contributed by atoms with Crippen LogP contribution in [0.2, 0.25) is 0 Å². The van der Waals surface area contributed by atoms with E-state index in [0.717, 1.165) is 35.4 Å². The van der Waals surface area contributed by atoms with Crippen molar-refractivity contribution in [3.63, 3.8) is 0 Å². The fourth-order valence-electron chi connectivity index (χ4n) is 6.52. The number of nitrogens with two attached hydrogens (primary N) is 1. The summed E-state index contributed by atoms with van der Waals surface area (Å²) in [5.41, 5.74) is 20.1. The smallest absolute Gasteiger partial charge is 0.0390 e. The van der Waals surface area contributed by atoms with E-state index < -0.39 is 0 Å². The molecule has 1 atom stereocenters. The van der Waals surface area contributed by atoms with E-state index in [9.17, 15) is 0 Å². The van der Waals surface area contributed by atoms with Gasteiger partial charge in [0.25, 0.3) is 0 Å². The zero-order chi connectivity index (χ0) is 39.4. The van der Waals surface area contributed by atoms with Crippen LogP contribution in [0.5, 0.6) is 0 Å². The largest absolute Gasteiger partial charge is 0.355 e. The molecule has 0 aliphatic carbocycles. The van der Waals surface area contributed by atoms with Gasteiger partial charge in [-0.1, -0.05) is 196 Å². The van der Waals surface area contributed by atoms with Crippen LogP contribution in [0.1, 0.15) is 60.6 Å². The summed E-state index contributed by atoms with van der Waals surface area (Å²) in [5.74, 6) is 0.387. The van der Waals surface area contributed by atoms with Gasteiger partial charge in [0.2, 0.25) is 0 Å². The Balaban J connectivity index is 0.000000664. The number of anilines is 1. The third-order valence-electron chi connectivity index (χ3n) is 9.59. The highest BCUT2D eigenvalue weighted by Crippen LogP contribution is 2.35. The van der Waals surface area contributed by atoms with E-state index in [0.29, 0.717) is 5.92 Å². The zero-order valence-corrected chi connectivity index (χ0v) is 33.6. The third kappa shape index (κ3) is 12.3. The Bertz CT molecular complexity index is 2140. The molecule has 0 aromatic heterocycles. The summed E-state index contributed by atoms with van der Waals surface area (Å²) >= 11 is 0. The molecule has 0 fully saturated rings. The zero-order valence-electron chi connectivity index (χ0n) is 33.6. The van der Waals surface area contributed by atoms with Crippen molar-refractivity contribution in [1.29, 1.82) is 0 Å².